The highest BCUT2D eigenvalue weighted by atomic mass is 16.5. The van der Waals surface area contributed by atoms with Crippen molar-refractivity contribution in [2.24, 2.45) is 0 Å². The first-order valence-corrected chi connectivity index (χ1v) is 12.5. The number of carbonyl (C=O) groups excluding carboxylic acids is 2. The molecule has 0 heterocycles. The van der Waals surface area contributed by atoms with Gasteiger partial charge in [-0.15, -0.1) is 0 Å². The van der Waals surface area contributed by atoms with Gasteiger partial charge >= 0.3 is 0 Å². The van der Waals surface area contributed by atoms with Crippen LogP contribution >= 0.6 is 0 Å². The number of amides is 2. The van der Waals surface area contributed by atoms with E-state index in [1.807, 2.05) is 109 Å². The Morgan fingerprint density at radius 1 is 0.500 bits per heavy atom. The van der Waals surface area contributed by atoms with Crippen LogP contribution in [0.4, 0.5) is 0 Å². The molecule has 0 atom stereocenters. The molecule has 6 nitrogen and oxygen atoms in total. The summed E-state index contributed by atoms with van der Waals surface area (Å²) in [5, 5.41) is 10.1. The highest BCUT2D eigenvalue weighted by molar-refractivity contribution is 5.85. The van der Waals surface area contributed by atoms with Gasteiger partial charge in [0.25, 0.3) is 11.8 Å². The maximum absolute atomic E-state index is 12.2. The lowest BCUT2D eigenvalue weighted by Gasteiger charge is -2.10. The van der Waals surface area contributed by atoms with E-state index < -0.39 is 0 Å². The van der Waals surface area contributed by atoms with Gasteiger partial charge in [0.05, 0.1) is 0 Å². The second-order valence-electron chi connectivity index (χ2n) is 8.97. The van der Waals surface area contributed by atoms with Crippen molar-refractivity contribution < 1.29 is 19.1 Å². The Morgan fingerprint density at radius 2 is 0.895 bits per heavy atom. The van der Waals surface area contributed by atoms with Gasteiger partial charge in [0.1, 0.15) is 11.5 Å². The van der Waals surface area contributed by atoms with Gasteiger partial charge in [0.2, 0.25) is 0 Å². The summed E-state index contributed by atoms with van der Waals surface area (Å²) in [6.07, 6.45) is 0. The van der Waals surface area contributed by atoms with Crippen molar-refractivity contribution in [3.63, 3.8) is 0 Å². The first-order chi connectivity index (χ1) is 18.6. The third kappa shape index (κ3) is 6.68. The second kappa shape index (κ2) is 11.9. The molecule has 0 aromatic heterocycles. The molecule has 0 aliphatic carbocycles. The number of ether oxygens (including phenoxy) is 2. The zero-order chi connectivity index (χ0) is 26.2. The molecule has 0 saturated heterocycles. The molecule has 0 spiro atoms. The van der Waals surface area contributed by atoms with Crippen LogP contribution in [0.5, 0.6) is 11.5 Å². The highest BCUT2D eigenvalue weighted by Gasteiger charge is 2.06. The number of fused-ring (bicyclic) bond motifs is 2. The number of carbonyl (C=O) groups is 2. The Labute approximate surface area is 221 Å². The van der Waals surface area contributed by atoms with Crippen LogP contribution in [0, 0.1) is 0 Å². The first kappa shape index (κ1) is 24.8. The molecule has 2 amide bonds. The summed E-state index contributed by atoms with van der Waals surface area (Å²) in [5.41, 5.74) is 1.91. The van der Waals surface area contributed by atoms with Crippen LogP contribution in [-0.4, -0.2) is 25.0 Å². The summed E-state index contributed by atoms with van der Waals surface area (Å²) >= 11 is 0. The maximum atomic E-state index is 12.2. The van der Waals surface area contributed by atoms with E-state index in [1.54, 1.807) is 0 Å². The zero-order valence-electron chi connectivity index (χ0n) is 20.9. The molecule has 2 N–H and O–H groups in total. The average Bonchev–Trinajstić information content (AvgIpc) is 2.97. The fourth-order valence-corrected chi connectivity index (χ4v) is 4.09. The van der Waals surface area contributed by atoms with Crippen molar-refractivity contribution in [2.45, 2.75) is 13.1 Å². The third-order valence-electron chi connectivity index (χ3n) is 6.18. The first-order valence-electron chi connectivity index (χ1n) is 12.5. The van der Waals surface area contributed by atoms with E-state index in [0.717, 1.165) is 32.7 Å². The van der Waals surface area contributed by atoms with E-state index in [-0.39, 0.29) is 25.0 Å². The van der Waals surface area contributed by atoms with E-state index in [2.05, 4.69) is 10.6 Å². The monoisotopic (exact) mass is 504 g/mol. The van der Waals surface area contributed by atoms with Gasteiger partial charge in [-0.05, 0) is 56.9 Å². The minimum atomic E-state index is -0.194. The lowest BCUT2D eigenvalue weighted by molar-refractivity contribution is -0.124. The normalized spacial score (nSPS) is 10.7. The molecule has 0 unspecified atom stereocenters. The molecule has 0 saturated carbocycles. The number of rotatable bonds is 10. The van der Waals surface area contributed by atoms with E-state index in [1.165, 1.54) is 0 Å². The van der Waals surface area contributed by atoms with Gasteiger partial charge in [0, 0.05) is 13.1 Å². The standard InChI is InChI=1S/C32H28N2O4/c35-31(21-37-29-15-13-25-5-1-3-7-27(25)17-29)33-19-23-9-11-24(12-10-23)20-34-32(36)22-38-30-16-14-26-6-2-4-8-28(26)18-30/h1-18H,19-22H2,(H,33,35)(H,34,36). The Morgan fingerprint density at radius 3 is 1.32 bits per heavy atom. The zero-order valence-corrected chi connectivity index (χ0v) is 20.9. The van der Waals surface area contributed by atoms with Gasteiger partial charge in [-0.25, -0.2) is 0 Å². The van der Waals surface area contributed by atoms with Gasteiger partial charge in [-0.3, -0.25) is 9.59 Å². The number of hydrogen-bond donors (Lipinski definition) is 2. The number of nitrogens with one attached hydrogen (secondary N) is 2. The van der Waals surface area contributed by atoms with Crippen molar-refractivity contribution in [3.8, 4) is 11.5 Å². The quantitative estimate of drug-likeness (QED) is 0.268. The molecule has 0 aliphatic rings. The van der Waals surface area contributed by atoms with Crippen molar-refractivity contribution in [1.29, 1.82) is 0 Å². The van der Waals surface area contributed by atoms with Crippen LogP contribution in [0.25, 0.3) is 21.5 Å². The molecule has 0 radical (unpaired) electrons. The molecular formula is C32H28N2O4. The topological polar surface area (TPSA) is 76.7 Å². The fraction of sp³-hybridized carbons (Fsp3) is 0.125. The van der Waals surface area contributed by atoms with E-state index in [0.29, 0.717) is 24.6 Å². The van der Waals surface area contributed by atoms with Crippen LogP contribution in [0.1, 0.15) is 11.1 Å². The molecule has 0 bridgehead atoms. The molecule has 0 fully saturated rings. The summed E-state index contributed by atoms with van der Waals surface area (Å²) in [4.78, 5) is 24.5. The molecule has 0 aliphatic heterocycles. The van der Waals surface area contributed by atoms with E-state index in [9.17, 15) is 9.59 Å². The SMILES string of the molecule is O=C(COc1ccc2ccccc2c1)NCc1ccc(CNC(=O)COc2ccc3ccccc3c2)cc1. The fourth-order valence-electron chi connectivity index (χ4n) is 4.09. The van der Waals surface area contributed by atoms with Gasteiger partial charge in [0.15, 0.2) is 13.2 Å². The van der Waals surface area contributed by atoms with Crippen molar-refractivity contribution in [2.75, 3.05) is 13.2 Å². The van der Waals surface area contributed by atoms with Crippen molar-refractivity contribution in [3.05, 3.63) is 120 Å². The Hall–Kier alpha value is -4.84. The summed E-state index contributed by atoms with van der Waals surface area (Å²) in [5.74, 6) is 0.933. The van der Waals surface area contributed by atoms with Gasteiger partial charge < -0.3 is 20.1 Å². The summed E-state index contributed by atoms with van der Waals surface area (Å²) in [7, 11) is 0. The van der Waals surface area contributed by atoms with Gasteiger partial charge in [-0.1, -0.05) is 84.9 Å². The Balaban J connectivity index is 1.02. The predicted octanol–water partition coefficient (Wildman–Crippen LogP) is 5.38. The highest BCUT2D eigenvalue weighted by Crippen LogP contribution is 2.21. The van der Waals surface area contributed by atoms with E-state index in [4.69, 9.17) is 9.47 Å². The second-order valence-corrected chi connectivity index (χ2v) is 8.97. The van der Waals surface area contributed by atoms with Crippen LogP contribution < -0.4 is 20.1 Å². The van der Waals surface area contributed by atoms with Gasteiger partial charge in [-0.2, -0.15) is 0 Å². The minimum Gasteiger partial charge on any atom is -0.484 e. The smallest absolute Gasteiger partial charge is 0.258 e. The maximum Gasteiger partial charge on any atom is 0.258 e. The number of hydrogen-bond acceptors (Lipinski definition) is 4. The number of benzene rings is 5. The summed E-state index contributed by atoms with van der Waals surface area (Å²) in [6.45, 7) is 0.686. The average molecular weight is 505 g/mol. The molecule has 5 aromatic carbocycles. The molecule has 38 heavy (non-hydrogen) atoms. The molecular weight excluding hydrogens is 476 g/mol. The van der Waals surface area contributed by atoms with Crippen molar-refractivity contribution >= 4 is 33.4 Å². The van der Waals surface area contributed by atoms with Crippen LogP contribution in [0.15, 0.2) is 109 Å². The minimum absolute atomic E-state index is 0.0519. The Bertz CT molecular complexity index is 1450. The molecule has 5 rings (SSSR count). The molecule has 6 heteroatoms. The predicted molar refractivity (Wildman–Crippen MR) is 149 cm³/mol. The lowest BCUT2D eigenvalue weighted by Crippen LogP contribution is -2.29. The van der Waals surface area contributed by atoms with Crippen molar-refractivity contribution in [1.82, 2.24) is 10.6 Å². The van der Waals surface area contributed by atoms with Crippen LogP contribution in [-0.2, 0) is 22.7 Å². The lowest BCUT2D eigenvalue weighted by atomic mass is 10.1. The third-order valence-corrected chi connectivity index (χ3v) is 6.18. The molecule has 5 aromatic rings. The summed E-state index contributed by atoms with van der Waals surface area (Å²) < 4.78 is 11.3. The summed E-state index contributed by atoms with van der Waals surface area (Å²) in [6, 6.07) is 35.3. The largest absolute Gasteiger partial charge is 0.484 e. The van der Waals surface area contributed by atoms with Crippen LogP contribution in [0.3, 0.4) is 0 Å². The van der Waals surface area contributed by atoms with Crippen LogP contribution in [0.2, 0.25) is 0 Å². The Kier molecular flexibility index (Phi) is 7.80. The van der Waals surface area contributed by atoms with E-state index >= 15 is 0 Å². The molecule has 190 valence electrons.